The van der Waals surface area contributed by atoms with Crippen molar-refractivity contribution in [1.29, 1.82) is 0 Å². The van der Waals surface area contributed by atoms with Crippen molar-refractivity contribution >= 4 is 35.1 Å². The Balaban J connectivity index is 2.19. The Morgan fingerprint density at radius 2 is 1.06 bits per heavy atom. The molecular formula is C24H30N4O8. The first kappa shape index (κ1) is 28.1. The number of carbonyl (C=O) groups excluding carboxylic acids is 2. The number of hydrogen-bond donors (Lipinski definition) is 6. The highest BCUT2D eigenvalue weighted by Gasteiger charge is 2.18. The molecule has 0 aliphatic carbocycles. The fourth-order valence-electron chi connectivity index (χ4n) is 3.56. The molecule has 0 saturated carbocycles. The van der Waals surface area contributed by atoms with E-state index in [1.165, 1.54) is 60.0 Å². The SMILES string of the molecule is CC(=O)Nc1ccc(O)c(CN(CCN(CC(=O)O)Cc2cc(NC(C)=O)ccc2O)CC(=O)O)c1. The molecule has 0 unspecified atom stereocenters. The molecule has 2 aromatic carbocycles. The lowest BCUT2D eigenvalue weighted by Gasteiger charge is -2.26. The molecule has 2 amide bonds. The van der Waals surface area contributed by atoms with Gasteiger partial charge in [-0.05, 0) is 36.4 Å². The van der Waals surface area contributed by atoms with E-state index in [-0.39, 0.29) is 62.6 Å². The Bertz CT molecular complexity index is 1030. The maximum Gasteiger partial charge on any atom is 0.317 e. The van der Waals surface area contributed by atoms with Crippen molar-refractivity contribution in [3.8, 4) is 11.5 Å². The van der Waals surface area contributed by atoms with Crippen LogP contribution < -0.4 is 10.6 Å². The number of phenols is 2. The van der Waals surface area contributed by atoms with Gasteiger partial charge in [0.1, 0.15) is 11.5 Å². The minimum atomic E-state index is -1.11. The highest BCUT2D eigenvalue weighted by molar-refractivity contribution is 5.89. The molecule has 2 aromatic rings. The van der Waals surface area contributed by atoms with Crippen LogP contribution in [0.4, 0.5) is 11.4 Å². The molecule has 0 spiro atoms. The monoisotopic (exact) mass is 502 g/mol. The van der Waals surface area contributed by atoms with Crippen molar-refractivity contribution in [2.45, 2.75) is 26.9 Å². The summed E-state index contributed by atoms with van der Waals surface area (Å²) < 4.78 is 0. The summed E-state index contributed by atoms with van der Waals surface area (Å²) >= 11 is 0. The molecule has 12 heteroatoms. The van der Waals surface area contributed by atoms with Crippen LogP contribution in [0, 0.1) is 0 Å². The number of nitrogens with one attached hydrogen (secondary N) is 2. The van der Waals surface area contributed by atoms with E-state index in [0.29, 0.717) is 22.5 Å². The zero-order chi connectivity index (χ0) is 26.8. The van der Waals surface area contributed by atoms with Crippen LogP contribution in [-0.4, -0.2) is 80.2 Å². The third kappa shape index (κ3) is 9.60. The molecule has 2 rings (SSSR count). The number of carboxylic acid groups (broad SMARTS) is 2. The van der Waals surface area contributed by atoms with Crippen LogP contribution in [-0.2, 0) is 32.3 Å². The van der Waals surface area contributed by atoms with Gasteiger partial charge in [-0.3, -0.25) is 29.0 Å². The summed E-state index contributed by atoms with van der Waals surface area (Å²) in [4.78, 5) is 48.6. The van der Waals surface area contributed by atoms with Crippen molar-refractivity contribution in [1.82, 2.24) is 9.80 Å². The van der Waals surface area contributed by atoms with Crippen molar-refractivity contribution < 1.29 is 39.6 Å². The highest BCUT2D eigenvalue weighted by Crippen LogP contribution is 2.25. The maximum atomic E-state index is 11.4. The summed E-state index contributed by atoms with van der Waals surface area (Å²) in [6, 6.07) is 8.87. The third-order valence-corrected chi connectivity index (χ3v) is 5.04. The number of amides is 2. The molecular weight excluding hydrogens is 472 g/mol. The number of nitrogens with zero attached hydrogens (tertiary/aromatic N) is 2. The van der Waals surface area contributed by atoms with Gasteiger partial charge in [0.15, 0.2) is 0 Å². The minimum absolute atomic E-state index is 0.0235. The molecule has 0 aliphatic rings. The third-order valence-electron chi connectivity index (χ3n) is 5.04. The number of anilines is 2. The predicted molar refractivity (Wildman–Crippen MR) is 131 cm³/mol. The van der Waals surface area contributed by atoms with Gasteiger partial charge in [0, 0.05) is 62.5 Å². The Labute approximate surface area is 207 Å². The maximum absolute atomic E-state index is 11.4. The molecule has 0 heterocycles. The lowest BCUT2D eigenvalue weighted by Crippen LogP contribution is -2.39. The smallest absolute Gasteiger partial charge is 0.317 e. The van der Waals surface area contributed by atoms with Crippen molar-refractivity contribution in [3.05, 3.63) is 47.5 Å². The number of benzene rings is 2. The Hall–Kier alpha value is -4.16. The van der Waals surface area contributed by atoms with E-state index >= 15 is 0 Å². The number of phenolic OH excluding ortho intramolecular Hbond substituents is 2. The summed E-state index contributed by atoms with van der Waals surface area (Å²) in [6.45, 7) is 2.20. The van der Waals surface area contributed by atoms with Crippen molar-refractivity contribution in [3.63, 3.8) is 0 Å². The number of aliphatic carboxylic acids is 2. The summed E-state index contributed by atoms with van der Waals surface area (Å²) in [5, 5.41) is 44.4. The zero-order valence-corrected chi connectivity index (χ0v) is 20.0. The first-order valence-corrected chi connectivity index (χ1v) is 11.0. The summed E-state index contributed by atoms with van der Waals surface area (Å²) in [7, 11) is 0. The van der Waals surface area contributed by atoms with Gasteiger partial charge in [0.2, 0.25) is 11.8 Å². The molecule has 0 fully saturated rings. The molecule has 0 aliphatic heterocycles. The molecule has 0 atom stereocenters. The van der Waals surface area contributed by atoms with Crippen LogP contribution in [0.2, 0.25) is 0 Å². The first-order valence-electron chi connectivity index (χ1n) is 11.0. The number of carboxylic acids is 2. The molecule has 194 valence electrons. The van der Waals surface area contributed by atoms with Gasteiger partial charge in [0.25, 0.3) is 0 Å². The minimum Gasteiger partial charge on any atom is -0.508 e. The Morgan fingerprint density at radius 3 is 1.36 bits per heavy atom. The normalized spacial score (nSPS) is 10.9. The molecule has 36 heavy (non-hydrogen) atoms. The number of rotatable bonds is 13. The van der Waals surface area contributed by atoms with E-state index in [0.717, 1.165) is 0 Å². The molecule has 0 saturated heterocycles. The molecule has 0 radical (unpaired) electrons. The lowest BCUT2D eigenvalue weighted by molar-refractivity contribution is -0.140. The van der Waals surface area contributed by atoms with E-state index < -0.39 is 11.9 Å². The van der Waals surface area contributed by atoms with Gasteiger partial charge in [-0.25, -0.2) is 0 Å². The quantitative estimate of drug-likeness (QED) is 0.220. The van der Waals surface area contributed by atoms with Gasteiger partial charge >= 0.3 is 11.9 Å². The van der Waals surface area contributed by atoms with Crippen LogP contribution in [0.3, 0.4) is 0 Å². The second-order valence-corrected chi connectivity index (χ2v) is 8.26. The first-order chi connectivity index (χ1) is 16.9. The highest BCUT2D eigenvalue weighted by atomic mass is 16.4. The summed E-state index contributed by atoms with van der Waals surface area (Å²) in [6.07, 6.45) is 0. The lowest BCUT2D eigenvalue weighted by atomic mass is 10.1. The predicted octanol–water partition coefficient (Wildman–Crippen LogP) is 1.49. The van der Waals surface area contributed by atoms with E-state index in [1.807, 2.05) is 0 Å². The van der Waals surface area contributed by atoms with E-state index in [9.17, 15) is 39.6 Å². The molecule has 0 aromatic heterocycles. The van der Waals surface area contributed by atoms with E-state index in [1.54, 1.807) is 0 Å². The second kappa shape index (κ2) is 13.1. The van der Waals surface area contributed by atoms with Crippen LogP contribution >= 0.6 is 0 Å². The van der Waals surface area contributed by atoms with Crippen LogP contribution in [0.25, 0.3) is 0 Å². The topological polar surface area (TPSA) is 180 Å². The largest absolute Gasteiger partial charge is 0.508 e. The van der Waals surface area contributed by atoms with Crippen LogP contribution in [0.15, 0.2) is 36.4 Å². The van der Waals surface area contributed by atoms with Gasteiger partial charge in [-0.1, -0.05) is 0 Å². The van der Waals surface area contributed by atoms with E-state index in [2.05, 4.69) is 10.6 Å². The Kier molecular flexibility index (Phi) is 10.2. The zero-order valence-electron chi connectivity index (χ0n) is 20.0. The molecule has 6 N–H and O–H groups in total. The fraction of sp³-hybridized carbons (Fsp3) is 0.333. The molecule has 12 nitrogen and oxygen atoms in total. The standard InChI is InChI=1S/C24H30N4O8/c1-15(29)25-19-3-5-21(31)17(9-19)11-27(13-23(33)34)7-8-28(14-24(35)36)12-18-10-20(26-16(2)30)4-6-22(18)32/h3-6,9-10,31-32H,7-8,11-14H2,1-2H3,(H,25,29)(H,26,30)(H,33,34)(H,35,36). The van der Waals surface area contributed by atoms with Crippen molar-refractivity contribution in [2.75, 3.05) is 36.8 Å². The second-order valence-electron chi connectivity index (χ2n) is 8.26. The van der Waals surface area contributed by atoms with Gasteiger partial charge < -0.3 is 31.1 Å². The summed E-state index contributed by atoms with van der Waals surface area (Å²) in [5.74, 6) is -2.99. The van der Waals surface area contributed by atoms with Gasteiger partial charge in [-0.2, -0.15) is 0 Å². The number of hydrogen-bond acceptors (Lipinski definition) is 8. The number of aromatic hydroxyl groups is 2. The average molecular weight is 503 g/mol. The van der Waals surface area contributed by atoms with Crippen LogP contribution in [0.5, 0.6) is 11.5 Å². The number of carbonyl (C=O) groups is 4. The van der Waals surface area contributed by atoms with Gasteiger partial charge in [0.05, 0.1) is 13.1 Å². The van der Waals surface area contributed by atoms with Gasteiger partial charge in [-0.15, -0.1) is 0 Å². The van der Waals surface area contributed by atoms with Crippen LogP contribution in [0.1, 0.15) is 25.0 Å². The van der Waals surface area contributed by atoms with E-state index in [4.69, 9.17) is 0 Å². The average Bonchev–Trinajstić information content (AvgIpc) is 2.75. The Morgan fingerprint density at radius 1 is 0.694 bits per heavy atom. The molecule has 0 bridgehead atoms. The fourth-order valence-corrected chi connectivity index (χ4v) is 3.56. The summed E-state index contributed by atoms with van der Waals surface area (Å²) in [5.41, 5.74) is 1.64. The van der Waals surface area contributed by atoms with Crippen molar-refractivity contribution in [2.24, 2.45) is 0 Å².